The van der Waals surface area contributed by atoms with Gasteiger partial charge in [0.15, 0.2) is 0 Å². The van der Waals surface area contributed by atoms with E-state index < -0.39 is 0 Å². The topological polar surface area (TPSA) is 61.4 Å². The number of para-hydroxylation sites is 1. The number of hydrogen-bond donors (Lipinski definition) is 2. The van der Waals surface area contributed by atoms with E-state index in [1.807, 2.05) is 42.5 Å². The third-order valence-corrected chi connectivity index (χ3v) is 5.54. The predicted molar refractivity (Wildman–Crippen MR) is 114 cm³/mol. The van der Waals surface area contributed by atoms with Crippen molar-refractivity contribution >= 4 is 23.3 Å². The van der Waals surface area contributed by atoms with Crippen LogP contribution in [-0.4, -0.2) is 29.9 Å². The van der Waals surface area contributed by atoms with E-state index in [1.165, 1.54) is 5.56 Å². The number of amides is 3. The van der Waals surface area contributed by atoms with Crippen LogP contribution in [0.5, 0.6) is 0 Å². The average molecular weight is 380 g/mol. The first kappa shape index (κ1) is 19.9. The first-order chi connectivity index (χ1) is 13.6. The number of nitrogens with one attached hydrogen (secondary N) is 2. The molecule has 2 aromatic carbocycles. The van der Waals surface area contributed by atoms with Gasteiger partial charge in [-0.25, -0.2) is 4.79 Å². The Bertz CT molecular complexity index is 781. The maximum absolute atomic E-state index is 12.6. The summed E-state index contributed by atoms with van der Waals surface area (Å²) in [6.45, 7) is 5.55. The predicted octanol–water partition coefficient (Wildman–Crippen LogP) is 5.08. The summed E-state index contributed by atoms with van der Waals surface area (Å²) in [4.78, 5) is 26.7. The molecule has 1 fully saturated rings. The largest absolute Gasteiger partial charge is 0.326 e. The summed E-state index contributed by atoms with van der Waals surface area (Å²) >= 11 is 0. The average Bonchev–Trinajstić information content (AvgIpc) is 2.74. The molecule has 0 spiro atoms. The Hall–Kier alpha value is -2.82. The number of rotatable bonds is 5. The van der Waals surface area contributed by atoms with Crippen LogP contribution in [0.1, 0.15) is 44.6 Å². The highest BCUT2D eigenvalue weighted by Crippen LogP contribution is 2.23. The highest BCUT2D eigenvalue weighted by Gasteiger charge is 2.27. The quantitative estimate of drug-likeness (QED) is 0.761. The lowest BCUT2D eigenvalue weighted by molar-refractivity contribution is -0.121. The van der Waals surface area contributed by atoms with Crippen molar-refractivity contribution in [1.82, 2.24) is 4.90 Å². The van der Waals surface area contributed by atoms with Crippen LogP contribution in [0.25, 0.3) is 0 Å². The van der Waals surface area contributed by atoms with Crippen molar-refractivity contribution in [3.63, 3.8) is 0 Å². The molecule has 1 unspecified atom stereocenters. The van der Waals surface area contributed by atoms with Crippen LogP contribution in [0.4, 0.5) is 16.2 Å². The molecular formula is C23H29N3O2. The van der Waals surface area contributed by atoms with Gasteiger partial charge in [0.2, 0.25) is 5.91 Å². The van der Waals surface area contributed by atoms with Crippen LogP contribution in [0.15, 0.2) is 54.6 Å². The van der Waals surface area contributed by atoms with E-state index in [4.69, 9.17) is 0 Å². The van der Waals surface area contributed by atoms with Gasteiger partial charge in [-0.05, 0) is 55.0 Å². The molecule has 1 aliphatic rings. The van der Waals surface area contributed by atoms with Gasteiger partial charge in [-0.1, -0.05) is 44.2 Å². The van der Waals surface area contributed by atoms with Crippen LogP contribution in [0.3, 0.4) is 0 Å². The Morgan fingerprint density at radius 1 is 0.964 bits per heavy atom. The Balaban J connectivity index is 1.47. The van der Waals surface area contributed by atoms with Gasteiger partial charge >= 0.3 is 6.03 Å². The molecule has 5 nitrogen and oxygen atoms in total. The minimum Gasteiger partial charge on any atom is -0.326 e. The monoisotopic (exact) mass is 379 g/mol. The third-order valence-electron chi connectivity index (χ3n) is 5.54. The van der Waals surface area contributed by atoms with Crippen molar-refractivity contribution in [3.05, 3.63) is 60.2 Å². The molecule has 1 saturated heterocycles. The molecule has 1 heterocycles. The molecule has 1 aliphatic heterocycles. The summed E-state index contributed by atoms with van der Waals surface area (Å²) in [6, 6.07) is 17.4. The molecule has 3 rings (SSSR count). The molecule has 0 bridgehead atoms. The van der Waals surface area contributed by atoms with Crippen LogP contribution in [0, 0.1) is 5.92 Å². The van der Waals surface area contributed by atoms with E-state index >= 15 is 0 Å². The normalized spacial score (nSPS) is 15.7. The molecule has 5 heteroatoms. The molecule has 0 saturated carbocycles. The van der Waals surface area contributed by atoms with Crippen molar-refractivity contribution in [2.24, 2.45) is 5.92 Å². The number of urea groups is 1. The molecule has 2 aromatic rings. The summed E-state index contributed by atoms with van der Waals surface area (Å²) in [5, 5.41) is 5.92. The first-order valence-electron chi connectivity index (χ1n) is 10.1. The van der Waals surface area contributed by atoms with E-state index in [2.05, 4.69) is 36.6 Å². The van der Waals surface area contributed by atoms with Gasteiger partial charge in [-0.2, -0.15) is 0 Å². The van der Waals surface area contributed by atoms with Gasteiger partial charge in [0.25, 0.3) is 0 Å². The summed E-state index contributed by atoms with van der Waals surface area (Å²) in [5.74, 6) is 0.505. The highest BCUT2D eigenvalue weighted by molar-refractivity contribution is 5.93. The second-order valence-electron chi connectivity index (χ2n) is 7.48. The fraction of sp³-hybridized carbons (Fsp3) is 0.391. The lowest BCUT2D eigenvalue weighted by atomic mass is 9.95. The second kappa shape index (κ2) is 9.40. The van der Waals surface area contributed by atoms with Gasteiger partial charge in [-0.3, -0.25) is 4.79 Å². The molecule has 1 atom stereocenters. The molecule has 0 radical (unpaired) electrons. The molecule has 148 valence electrons. The van der Waals surface area contributed by atoms with Gasteiger partial charge in [0.05, 0.1) is 0 Å². The molecule has 0 aromatic heterocycles. The minimum absolute atomic E-state index is 0.0411. The summed E-state index contributed by atoms with van der Waals surface area (Å²) in [5.41, 5.74) is 2.91. The van der Waals surface area contributed by atoms with Crippen LogP contribution in [0.2, 0.25) is 0 Å². The number of carbonyl (C=O) groups is 2. The van der Waals surface area contributed by atoms with Gasteiger partial charge in [-0.15, -0.1) is 0 Å². The van der Waals surface area contributed by atoms with Crippen LogP contribution < -0.4 is 10.6 Å². The van der Waals surface area contributed by atoms with Crippen molar-refractivity contribution in [2.75, 3.05) is 23.7 Å². The van der Waals surface area contributed by atoms with Gasteiger partial charge < -0.3 is 15.5 Å². The number of likely N-dealkylation sites (tertiary alicyclic amines) is 1. The van der Waals surface area contributed by atoms with Crippen LogP contribution in [-0.2, 0) is 4.79 Å². The number of piperidine rings is 1. The van der Waals surface area contributed by atoms with E-state index in [9.17, 15) is 9.59 Å². The molecular weight excluding hydrogens is 350 g/mol. The number of benzene rings is 2. The maximum atomic E-state index is 12.6. The lowest BCUT2D eigenvalue weighted by Crippen LogP contribution is -2.43. The number of hydrogen-bond acceptors (Lipinski definition) is 2. The molecule has 2 N–H and O–H groups in total. The van der Waals surface area contributed by atoms with Crippen molar-refractivity contribution in [3.8, 4) is 0 Å². The minimum atomic E-state index is -0.106. The summed E-state index contributed by atoms with van der Waals surface area (Å²) in [7, 11) is 0. The number of carbonyl (C=O) groups excluding carboxylic acids is 2. The Morgan fingerprint density at radius 3 is 2.18 bits per heavy atom. The van der Waals surface area contributed by atoms with E-state index in [0.717, 1.165) is 17.8 Å². The van der Waals surface area contributed by atoms with Crippen LogP contribution >= 0.6 is 0 Å². The molecule has 0 aliphatic carbocycles. The fourth-order valence-corrected chi connectivity index (χ4v) is 3.44. The number of anilines is 2. The second-order valence-corrected chi connectivity index (χ2v) is 7.48. The fourth-order valence-electron chi connectivity index (χ4n) is 3.44. The maximum Gasteiger partial charge on any atom is 0.321 e. The van der Waals surface area contributed by atoms with Crippen molar-refractivity contribution < 1.29 is 9.59 Å². The van der Waals surface area contributed by atoms with E-state index in [1.54, 1.807) is 4.90 Å². The Morgan fingerprint density at radius 2 is 1.57 bits per heavy atom. The summed E-state index contributed by atoms with van der Waals surface area (Å²) < 4.78 is 0. The van der Waals surface area contributed by atoms with Gasteiger partial charge in [0.1, 0.15) is 0 Å². The zero-order chi connectivity index (χ0) is 19.9. The molecule has 28 heavy (non-hydrogen) atoms. The van der Waals surface area contributed by atoms with Crippen molar-refractivity contribution in [2.45, 2.75) is 39.0 Å². The van der Waals surface area contributed by atoms with E-state index in [-0.39, 0.29) is 17.9 Å². The highest BCUT2D eigenvalue weighted by atomic mass is 16.2. The summed E-state index contributed by atoms with van der Waals surface area (Å²) in [6.07, 6.45) is 2.46. The molecule has 3 amide bonds. The number of nitrogens with zero attached hydrogens (tertiary/aromatic N) is 1. The third kappa shape index (κ3) is 5.12. The zero-order valence-electron chi connectivity index (χ0n) is 16.7. The van der Waals surface area contributed by atoms with E-state index in [0.29, 0.717) is 31.8 Å². The van der Waals surface area contributed by atoms with Gasteiger partial charge in [0, 0.05) is 30.4 Å². The first-order valence-corrected chi connectivity index (χ1v) is 10.1. The lowest BCUT2D eigenvalue weighted by Gasteiger charge is -2.31. The standard InChI is InChI=1S/C23H29N3O2/c1-3-17(2)18-9-11-21(12-10-18)24-22(27)19-13-15-26(16-14-19)23(28)25-20-7-5-4-6-8-20/h4-12,17,19H,3,13-16H2,1-2H3,(H,24,27)(H,25,28). The van der Waals surface area contributed by atoms with Crippen molar-refractivity contribution in [1.29, 1.82) is 0 Å². The Labute approximate surface area is 167 Å². The zero-order valence-corrected chi connectivity index (χ0v) is 16.7. The Kier molecular flexibility index (Phi) is 6.69. The smallest absolute Gasteiger partial charge is 0.321 e. The SMILES string of the molecule is CCC(C)c1ccc(NC(=O)C2CCN(C(=O)Nc3ccccc3)CC2)cc1.